The van der Waals surface area contributed by atoms with Crippen LogP contribution in [0.5, 0.6) is 0 Å². The lowest BCUT2D eigenvalue weighted by Gasteiger charge is -2.40. The van der Waals surface area contributed by atoms with Gasteiger partial charge in [-0.1, -0.05) is 54.6 Å². The summed E-state index contributed by atoms with van der Waals surface area (Å²) in [5, 5.41) is 3.03. The molecular weight excluding hydrogens is 460 g/mol. The van der Waals surface area contributed by atoms with Crippen LogP contribution in [-0.2, 0) is 4.79 Å². The van der Waals surface area contributed by atoms with Crippen molar-refractivity contribution < 1.29 is 9.59 Å². The third-order valence-electron chi connectivity index (χ3n) is 7.14. The molecule has 1 aliphatic heterocycles. The molecular formula is C31H32N4O2. The molecule has 1 atom stereocenters. The van der Waals surface area contributed by atoms with Crippen molar-refractivity contribution in [3.05, 3.63) is 114 Å². The highest BCUT2D eigenvalue weighted by Crippen LogP contribution is 2.42. The quantitative estimate of drug-likeness (QED) is 0.347. The molecule has 0 bridgehead atoms. The van der Waals surface area contributed by atoms with E-state index in [0.717, 1.165) is 39.4 Å². The Kier molecular flexibility index (Phi) is 6.57. The number of nitrogens with one attached hydrogen (secondary N) is 1. The molecule has 3 aromatic carbocycles. The lowest BCUT2D eigenvalue weighted by atomic mass is 9.97. The lowest BCUT2D eigenvalue weighted by molar-refractivity contribution is -0.119. The van der Waals surface area contributed by atoms with E-state index in [0.29, 0.717) is 0 Å². The average Bonchev–Trinajstić information content (AvgIpc) is 3.39. The van der Waals surface area contributed by atoms with Crippen LogP contribution in [0.3, 0.4) is 0 Å². The van der Waals surface area contributed by atoms with Gasteiger partial charge in [-0.05, 0) is 74.7 Å². The highest BCUT2D eigenvalue weighted by Gasteiger charge is 2.37. The summed E-state index contributed by atoms with van der Waals surface area (Å²) in [4.78, 5) is 31.0. The first-order valence-electron chi connectivity index (χ1n) is 12.6. The highest BCUT2D eigenvalue weighted by atomic mass is 16.2. The second-order valence-corrected chi connectivity index (χ2v) is 9.77. The van der Waals surface area contributed by atoms with E-state index >= 15 is 0 Å². The monoisotopic (exact) mass is 492 g/mol. The van der Waals surface area contributed by atoms with E-state index in [-0.39, 0.29) is 30.6 Å². The summed E-state index contributed by atoms with van der Waals surface area (Å²) in [5.41, 5.74) is 6.66. The van der Waals surface area contributed by atoms with Gasteiger partial charge in [0.15, 0.2) is 0 Å². The smallest absolute Gasteiger partial charge is 0.316 e. The van der Waals surface area contributed by atoms with Crippen LogP contribution in [-0.4, -0.2) is 34.0 Å². The Balaban J connectivity index is 1.51. The van der Waals surface area contributed by atoms with Crippen LogP contribution in [0.25, 0.3) is 5.69 Å². The number of anilines is 2. The van der Waals surface area contributed by atoms with Gasteiger partial charge in [0.1, 0.15) is 12.6 Å². The molecule has 4 aromatic rings. The molecule has 1 aromatic heterocycles. The van der Waals surface area contributed by atoms with Gasteiger partial charge in [0.2, 0.25) is 5.91 Å². The van der Waals surface area contributed by atoms with Crippen molar-refractivity contribution in [1.29, 1.82) is 0 Å². The molecule has 0 spiro atoms. The normalized spacial score (nSPS) is 14.2. The van der Waals surface area contributed by atoms with Gasteiger partial charge in [0.25, 0.3) is 0 Å². The number of amides is 3. The molecule has 0 radical (unpaired) electrons. The van der Waals surface area contributed by atoms with Crippen LogP contribution < -0.4 is 10.2 Å². The Morgan fingerprint density at radius 3 is 2.30 bits per heavy atom. The predicted octanol–water partition coefficient (Wildman–Crippen LogP) is 6.47. The fourth-order valence-electron chi connectivity index (χ4n) is 5.00. The van der Waals surface area contributed by atoms with Gasteiger partial charge < -0.3 is 14.8 Å². The van der Waals surface area contributed by atoms with Crippen LogP contribution >= 0.6 is 0 Å². The molecule has 6 nitrogen and oxygen atoms in total. The fourth-order valence-corrected chi connectivity index (χ4v) is 5.00. The Labute approximate surface area is 218 Å². The minimum Gasteiger partial charge on any atom is -0.316 e. The van der Waals surface area contributed by atoms with Gasteiger partial charge in [-0.25, -0.2) is 4.79 Å². The molecule has 1 N–H and O–H groups in total. The number of para-hydroxylation sites is 2. The van der Waals surface area contributed by atoms with Gasteiger partial charge >= 0.3 is 6.03 Å². The third-order valence-corrected chi connectivity index (χ3v) is 7.14. The van der Waals surface area contributed by atoms with Gasteiger partial charge in [-0.2, -0.15) is 0 Å². The summed E-state index contributed by atoms with van der Waals surface area (Å²) in [6.07, 6.45) is 2.03. The zero-order chi connectivity index (χ0) is 26.1. The van der Waals surface area contributed by atoms with Gasteiger partial charge in [0.05, 0.1) is 17.1 Å². The van der Waals surface area contributed by atoms with Crippen LogP contribution in [0.15, 0.2) is 91.1 Å². The van der Waals surface area contributed by atoms with Crippen molar-refractivity contribution in [2.75, 3.05) is 16.8 Å². The van der Waals surface area contributed by atoms with E-state index in [2.05, 4.69) is 16.0 Å². The molecule has 0 saturated heterocycles. The number of carbonyl (C=O) groups excluding carboxylic acids is 2. The second-order valence-electron chi connectivity index (χ2n) is 9.77. The summed E-state index contributed by atoms with van der Waals surface area (Å²) in [6.45, 7) is 7.81. The SMILES string of the molecule is Cc1cccc(NC(=O)N(CC(=O)N2c3ccccc3-n3cccc3[C@@H]2c2ccccc2)C(C)C)c1C. The number of fused-ring (bicyclic) bond motifs is 3. The first-order chi connectivity index (χ1) is 17.9. The van der Waals surface area contributed by atoms with Crippen LogP contribution in [0.2, 0.25) is 0 Å². The molecule has 5 rings (SSSR count). The standard InChI is InChI=1S/C31H32N4O2/c1-21(2)34(31(37)32-25-15-10-12-22(3)23(25)4)20-29(36)35-27-17-9-8-16-26(27)33-19-11-18-28(33)30(35)24-13-6-5-7-14-24/h5-19,21,30H,20H2,1-4H3,(H,32,37)/t30-/m0/s1. The van der Waals surface area contributed by atoms with E-state index in [1.165, 1.54) is 0 Å². The zero-order valence-corrected chi connectivity index (χ0v) is 21.7. The first-order valence-corrected chi connectivity index (χ1v) is 12.6. The Morgan fingerprint density at radius 2 is 1.57 bits per heavy atom. The number of urea groups is 1. The Bertz CT molecular complexity index is 1440. The predicted molar refractivity (Wildman–Crippen MR) is 148 cm³/mol. The van der Waals surface area contributed by atoms with E-state index in [1.54, 1.807) is 4.90 Å². The maximum Gasteiger partial charge on any atom is 0.322 e. The average molecular weight is 493 g/mol. The number of hydrogen-bond acceptors (Lipinski definition) is 2. The molecule has 0 aliphatic carbocycles. The number of nitrogens with zero attached hydrogens (tertiary/aromatic N) is 3. The van der Waals surface area contributed by atoms with Gasteiger partial charge in [-0.15, -0.1) is 0 Å². The van der Waals surface area contributed by atoms with Gasteiger partial charge in [-0.3, -0.25) is 9.69 Å². The number of carbonyl (C=O) groups is 2. The minimum atomic E-state index is -0.310. The molecule has 0 fully saturated rings. The third kappa shape index (κ3) is 4.51. The fraction of sp³-hybridized carbons (Fsp3) is 0.226. The molecule has 2 heterocycles. The maximum absolute atomic E-state index is 14.2. The van der Waals surface area contributed by atoms with Crippen molar-refractivity contribution in [3.8, 4) is 5.69 Å². The number of aromatic nitrogens is 1. The topological polar surface area (TPSA) is 57.6 Å². The van der Waals surface area contributed by atoms with Crippen LogP contribution in [0, 0.1) is 13.8 Å². The van der Waals surface area contributed by atoms with Crippen molar-refractivity contribution in [3.63, 3.8) is 0 Å². The maximum atomic E-state index is 14.2. The van der Waals surface area contributed by atoms with E-state index < -0.39 is 0 Å². The number of benzene rings is 3. The van der Waals surface area contributed by atoms with Crippen molar-refractivity contribution in [2.24, 2.45) is 0 Å². The van der Waals surface area contributed by atoms with Crippen LogP contribution in [0.1, 0.15) is 42.3 Å². The van der Waals surface area contributed by atoms with E-state index in [4.69, 9.17) is 0 Å². The Morgan fingerprint density at radius 1 is 0.865 bits per heavy atom. The summed E-state index contributed by atoms with van der Waals surface area (Å²) >= 11 is 0. The number of rotatable bonds is 5. The second kappa shape index (κ2) is 9.97. The van der Waals surface area contributed by atoms with Crippen LogP contribution in [0.4, 0.5) is 16.2 Å². The summed E-state index contributed by atoms with van der Waals surface area (Å²) in [5.74, 6) is -0.140. The molecule has 3 amide bonds. The molecule has 188 valence electrons. The van der Waals surface area contributed by atoms with Crippen molar-refractivity contribution >= 4 is 23.3 Å². The van der Waals surface area contributed by atoms with E-state index in [1.807, 2.05) is 118 Å². The molecule has 1 aliphatic rings. The molecule has 6 heteroatoms. The Hall–Kier alpha value is -4.32. The van der Waals surface area contributed by atoms with Crippen molar-refractivity contribution in [1.82, 2.24) is 9.47 Å². The minimum absolute atomic E-state index is 0.0489. The number of hydrogen-bond donors (Lipinski definition) is 1. The zero-order valence-electron chi connectivity index (χ0n) is 21.7. The summed E-state index contributed by atoms with van der Waals surface area (Å²) < 4.78 is 2.14. The summed E-state index contributed by atoms with van der Waals surface area (Å²) in [7, 11) is 0. The van der Waals surface area contributed by atoms with E-state index in [9.17, 15) is 9.59 Å². The first kappa shape index (κ1) is 24.4. The van der Waals surface area contributed by atoms with Gasteiger partial charge in [0, 0.05) is 17.9 Å². The molecule has 0 saturated carbocycles. The lowest BCUT2D eigenvalue weighted by Crippen LogP contribution is -2.49. The number of aryl methyl sites for hydroxylation is 1. The largest absolute Gasteiger partial charge is 0.322 e. The summed E-state index contributed by atoms with van der Waals surface area (Å²) in [6, 6.07) is 27.1. The molecule has 37 heavy (non-hydrogen) atoms. The highest BCUT2D eigenvalue weighted by molar-refractivity contribution is 6.01. The van der Waals surface area contributed by atoms with Crippen molar-refractivity contribution in [2.45, 2.75) is 39.8 Å². The molecule has 0 unspecified atom stereocenters.